The van der Waals surface area contributed by atoms with Crippen molar-refractivity contribution in [3.05, 3.63) is 74.4 Å². The minimum Gasteiger partial charge on any atom is -0.506 e. The molecule has 0 bridgehead atoms. The summed E-state index contributed by atoms with van der Waals surface area (Å²) < 4.78 is 1.10. The normalized spacial score (nSPS) is 17.0. The Bertz CT molecular complexity index is 1180. The molecule has 0 aliphatic carbocycles. The van der Waals surface area contributed by atoms with Crippen LogP contribution in [0.4, 0.5) is 0 Å². The number of para-hydroxylation sites is 1. The molecule has 5 N–H and O–H groups in total. The van der Waals surface area contributed by atoms with Crippen molar-refractivity contribution in [1.82, 2.24) is 25.5 Å². The fourth-order valence-electron chi connectivity index (χ4n) is 3.37. The van der Waals surface area contributed by atoms with E-state index in [1.54, 1.807) is 36.4 Å². The van der Waals surface area contributed by atoms with E-state index in [4.69, 9.17) is 5.11 Å². The van der Waals surface area contributed by atoms with Crippen molar-refractivity contribution in [1.29, 1.82) is 0 Å². The summed E-state index contributed by atoms with van der Waals surface area (Å²) in [6.45, 7) is 1.17. The quantitative estimate of drug-likeness (QED) is 0.405. The number of hydrazine groups is 2. The van der Waals surface area contributed by atoms with Crippen molar-refractivity contribution >= 4 is 16.9 Å². The van der Waals surface area contributed by atoms with Crippen molar-refractivity contribution < 1.29 is 15.0 Å². The average Bonchev–Trinajstić information content (AvgIpc) is 3.13. The van der Waals surface area contributed by atoms with Crippen LogP contribution in [-0.2, 0) is 13.1 Å². The molecule has 1 aliphatic rings. The number of nitrogens with one attached hydrogen (secondary N) is 3. The van der Waals surface area contributed by atoms with E-state index in [0.29, 0.717) is 13.1 Å². The second kappa shape index (κ2) is 7.51. The van der Waals surface area contributed by atoms with Gasteiger partial charge in [-0.1, -0.05) is 18.2 Å². The number of aromatic amines is 1. The standard InChI is InChI=1S/C19H19N5O5/c25-15-3-1-2-14-16(15)20-19(29)24(17(14)26)10-13-9-23(22-21-13)8-11-4-6-12(7-5-11)18(27)28/h1-7,13,21-22,25H,8-10H2,(H,20,29)(H,27,28). The molecule has 10 heteroatoms. The summed E-state index contributed by atoms with van der Waals surface area (Å²) in [6, 6.07) is 10.9. The first-order valence-electron chi connectivity index (χ1n) is 8.95. The number of benzene rings is 2. The number of carboxylic acids is 1. The number of rotatable bonds is 5. The lowest BCUT2D eigenvalue weighted by atomic mass is 10.1. The molecular formula is C19H19N5O5. The molecule has 1 aromatic heterocycles. The number of phenols is 1. The molecule has 4 rings (SSSR count). The zero-order chi connectivity index (χ0) is 20.5. The van der Waals surface area contributed by atoms with Gasteiger partial charge in [0.25, 0.3) is 5.56 Å². The molecule has 3 aromatic rings. The Hall–Kier alpha value is -3.47. The highest BCUT2D eigenvalue weighted by Gasteiger charge is 2.23. The maximum atomic E-state index is 12.7. The Labute approximate surface area is 164 Å². The minimum atomic E-state index is -0.975. The van der Waals surface area contributed by atoms with E-state index in [9.17, 15) is 19.5 Å². The summed E-state index contributed by atoms with van der Waals surface area (Å²) in [5, 5.41) is 20.9. The molecule has 29 heavy (non-hydrogen) atoms. The highest BCUT2D eigenvalue weighted by Crippen LogP contribution is 2.17. The molecule has 0 spiro atoms. The molecule has 1 unspecified atom stereocenters. The second-order valence-corrected chi connectivity index (χ2v) is 6.88. The van der Waals surface area contributed by atoms with E-state index in [-0.39, 0.29) is 34.8 Å². The molecule has 2 aromatic carbocycles. The first-order valence-corrected chi connectivity index (χ1v) is 8.95. The van der Waals surface area contributed by atoms with Crippen molar-refractivity contribution in [3.63, 3.8) is 0 Å². The Morgan fingerprint density at radius 2 is 1.90 bits per heavy atom. The van der Waals surface area contributed by atoms with E-state index in [0.717, 1.165) is 10.1 Å². The highest BCUT2D eigenvalue weighted by molar-refractivity contribution is 5.87. The third kappa shape index (κ3) is 3.76. The van der Waals surface area contributed by atoms with Crippen LogP contribution in [0.25, 0.3) is 10.9 Å². The molecular weight excluding hydrogens is 378 g/mol. The zero-order valence-corrected chi connectivity index (χ0v) is 15.3. The van der Waals surface area contributed by atoms with Gasteiger partial charge in [0, 0.05) is 19.6 Å². The van der Waals surface area contributed by atoms with E-state index in [2.05, 4.69) is 15.9 Å². The molecule has 2 heterocycles. The number of hydrogen-bond acceptors (Lipinski definition) is 7. The minimum absolute atomic E-state index is 0.127. The number of aromatic nitrogens is 2. The van der Waals surface area contributed by atoms with Crippen LogP contribution < -0.4 is 22.2 Å². The summed E-state index contributed by atoms with van der Waals surface area (Å²) in [6.07, 6.45) is 0. The van der Waals surface area contributed by atoms with E-state index in [1.165, 1.54) is 6.07 Å². The van der Waals surface area contributed by atoms with E-state index in [1.807, 2.05) is 5.01 Å². The number of nitrogens with zero attached hydrogens (tertiary/aromatic N) is 2. The van der Waals surface area contributed by atoms with Crippen LogP contribution in [-0.4, -0.2) is 43.3 Å². The second-order valence-electron chi connectivity index (χ2n) is 6.88. The van der Waals surface area contributed by atoms with E-state index < -0.39 is 17.2 Å². The third-order valence-corrected chi connectivity index (χ3v) is 4.84. The van der Waals surface area contributed by atoms with Crippen LogP contribution >= 0.6 is 0 Å². The number of phenolic OH excluding ortho intramolecular Hbond substituents is 1. The van der Waals surface area contributed by atoms with Gasteiger partial charge in [-0.3, -0.25) is 9.36 Å². The Morgan fingerprint density at radius 3 is 2.62 bits per heavy atom. The highest BCUT2D eigenvalue weighted by atomic mass is 16.4. The predicted molar refractivity (Wildman–Crippen MR) is 104 cm³/mol. The fraction of sp³-hybridized carbons (Fsp3) is 0.211. The molecule has 1 saturated heterocycles. The van der Waals surface area contributed by atoms with Gasteiger partial charge in [0.05, 0.1) is 22.5 Å². The molecule has 0 amide bonds. The molecule has 10 nitrogen and oxygen atoms in total. The Kier molecular flexibility index (Phi) is 4.89. The number of hydrogen-bond donors (Lipinski definition) is 5. The zero-order valence-electron chi connectivity index (χ0n) is 15.3. The molecule has 1 fully saturated rings. The fourth-order valence-corrected chi connectivity index (χ4v) is 3.37. The lowest BCUT2D eigenvalue weighted by Gasteiger charge is -2.14. The average molecular weight is 397 g/mol. The molecule has 1 aliphatic heterocycles. The van der Waals surface area contributed by atoms with Crippen LogP contribution in [0, 0.1) is 0 Å². The van der Waals surface area contributed by atoms with Gasteiger partial charge < -0.3 is 15.2 Å². The summed E-state index contributed by atoms with van der Waals surface area (Å²) in [5.41, 5.74) is 6.25. The van der Waals surface area contributed by atoms with Crippen LogP contribution in [0.3, 0.4) is 0 Å². The molecule has 0 radical (unpaired) electrons. The monoisotopic (exact) mass is 397 g/mol. The van der Waals surface area contributed by atoms with Gasteiger partial charge in [-0.2, -0.15) is 5.53 Å². The van der Waals surface area contributed by atoms with Gasteiger partial charge in [0.2, 0.25) is 0 Å². The number of H-pyrrole nitrogens is 1. The van der Waals surface area contributed by atoms with Gasteiger partial charge >= 0.3 is 11.7 Å². The van der Waals surface area contributed by atoms with Crippen LogP contribution in [0.2, 0.25) is 0 Å². The lowest BCUT2D eigenvalue weighted by Crippen LogP contribution is -2.43. The number of carbonyl (C=O) groups is 1. The maximum absolute atomic E-state index is 12.7. The summed E-state index contributed by atoms with van der Waals surface area (Å²) >= 11 is 0. The van der Waals surface area contributed by atoms with Crippen molar-refractivity contribution in [3.8, 4) is 5.75 Å². The van der Waals surface area contributed by atoms with Gasteiger partial charge in [-0.25, -0.2) is 20.0 Å². The van der Waals surface area contributed by atoms with Gasteiger partial charge in [0.1, 0.15) is 5.75 Å². The van der Waals surface area contributed by atoms with E-state index >= 15 is 0 Å². The molecule has 150 valence electrons. The van der Waals surface area contributed by atoms with Crippen LogP contribution in [0.1, 0.15) is 15.9 Å². The number of carboxylic acid groups (broad SMARTS) is 1. The maximum Gasteiger partial charge on any atom is 0.335 e. The lowest BCUT2D eigenvalue weighted by molar-refractivity contribution is 0.0697. The number of fused-ring (bicyclic) bond motifs is 1. The topological polar surface area (TPSA) is 140 Å². The van der Waals surface area contributed by atoms with Gasteiger partial charge in [0.15, 0.2) is 0 Å². The van der Waals surface area contributed by atoms with Gasteiger partial charge in [-0.05, 0) is 29.8 Å². The number of aromatic hydroxyl groups is 1. The smallest absolute Gasteiger partial charge is 0.335 e. The Morgan fingerprint density at radius 1 is 1.14 bits per heavy atom. The molecule has 1 atom stereocenters. The molecule has 0 saturated carbocycles. The third-order valence-electron chi connectivity index (χ3n) is 4.84. The Balaban J connectivity index is 1.47. The van der Waals surface area contributed by atoms with Crippen molar-refractivity contribution in [2.75, 3.05) is 6.54 Å². The van der Waals surface area contributed by atoms with Crippen molar-refractivity contribution in [2.45, 2.75) is 19.1 Å². The predicted octanol–water partition coefficient (Wildman–Crippen LogP) is -0.0128. The van der Waals surface area contributed by atoms with Crippen LogP contribution in [0.5, 0.6) is 5.75 Å². The first kappa shape index (κ1) is 18.9. The summed E-state index contributed by atoms with van der Waals surface area (Å²) in [4.78, 5) is 38.5. The SMILES string of the molecule is O=C(O)c1ccc(CN2CC(Cn3c(=O)[nH]c4c(O)cccc4c3=O)NN2)cc1. The van der Waals surface area contributed by atoms with Crippen LogP contribution in [0.15, 0.2) is 52.1 Å². The first-order chi connectivity index (χ1) is 13.9. The summed E-state index contributed by atoms with van der Waals surface area (Å²) in [5.74, 6) is -1.12. The summed E-state index contributed by atoms with van der Waals surface area (Å²) in [7, 11) is 0. The van der Waals surface area contributed by atoms with Crippen molar-refractivity contribution in [2.24, 2.45) is 0 Å². The van der Waals surface area contributed by atoms with Gasteiger partial charge in [-0.15, -0.1) is 0 Å². The largest absolute Gasteiger partial charge is 0.506 e. The number of aromatic carboxylic acids is 1.